The maximum Gasteiger partial charge on any atom is 0.308 e. The van der Waals surface area contributed by atoms with Crippen LogP contribution in [0.25, 0.3) is 21.3 Å². The molecule has 1 aliphatic heterocycles. The Morgan fingerprint density at radius 1 is 1.06 bits per heavy atom. The van der Waals surface area contributed by atoms with Gasteiger partial charge in [0.05, 0.1) is 18.5 Å². The average molecular weight is 746 g/mol. The van der Waals surface area contributed by atoms with Crippen LogP contribution in [-0.2, 0) is 39.9 Å². The molecule has 0 saturated carbocycles. The lowest BCUT2D eigenvalue weighted by Gasteiger charge is -2.31. The highest BCUT2D eigenvalue weighted by Crippen LogP contribution is 2.23. The van der Waals surface area contributed by atoms with Gasteiger partial charge in [-0.05, 0) is 93.1 Å². The third kappa shape index (κ3) is 11.3. The molecule has 2 aliphatic rings. The molecular formula is C38H51N9O7. The zero-order valence-electron chi connectivity index (χ0n) is 31.5. The maximum absolute atomic E-state index is 14.2. The van der Waals surface area contributed by atoms with Gasteiger partial charge in [-0.15, -0.1) is 0 Å². The quantitative estimate of drug-likeness (QED) is 0.0594. The van der Waals surface area contributed by atoms with Gasteiger partial charge in [-0.25, -0.2) is 0 Å². The van der Waals surface area contributed by atoms with Crippen LogP contribution < -0.4 is 21.7 Å². The van der Waals surface area contributed by atoms with Crippen molar-refractivity contribution >= 4 is 46.4 Å². The van der Waals surface area contributed by atoms with Gasteiger partial charge in [0, 0.05) is 28.6 Å². The number of hydrogen-bond donors (Lipinski definition) is 5. The molecule has 1 fully saturated rings. The first-order chi connectivity index (χ1) is 25.6. The molecule has 0 unspecified atom stereocenters. The monoisotopic (exact) mass is 745 g/mol. The van der Waals surface area contributed by atoms with Gasteiger partial charge in [-0.2, -0.15) is 0 Å². The van der Waals surface area contributed by atoms with Crippen LogP contribution in [0.2, 0.25) is 0 Å². The van der Waals surface area contributed by atoms with E-state index in [-0.39, 0.29) is 31.7 Å². The number of nitrogens with zero attached hydrogens (tertiary/aromatic N) is 4. The number of nitrogens with two attached hydrogens (primary N) is 1. The molecule has 1 aromatic carbocycles. The Bertz CT molecular complexity index is 1840. The summed E-state index contributed by atoms with van der Waals surface area (Å²) < 4.78 is 5.48. The van der Waals surface area contributed by atoms with E-state index in [0.717, 1.165) is 16.5 Å². The number of amides is 5. The first-order valence-electron chi connectivity index (χ1n) is 18.2. The number of hydrogen-bond acceptors (Lipinski definition) is 8. The van der Waals surface area contributed by atoms with Crippen LogP contribution in [0.5, 0.6) is 0 Å². The zero-order valence-corrected chi connectivity index (χ0v) is 31.5. The molecule has 2 heterocycles. The van der Waals surface area contributed by atoms with Crippen molar-refractivity contribution in [3.8, 4) is 0 Å². The number of aromatic nitrogens is 1. The topological polar surface area (TPSA) is 242 Å². The summed E-state index contributed by atoms with van der Waals surface area (Å²) in [5.41, 5.74) is 16.6. The number of fused-ring (bicyclic) bond motifs is 1. The first-order valence-corrected chi connectivity index (χ1v) is 18.2. The van der Waals surface area contributed by atoms with Crippen molar-refractivity contribution in [2.45, 2.75) is 115 Å². The van der Waals surface area contributed by atoms with E-state index in [9.17, 15) is 28.8 Å². The van der Waals surface area contributed by atoms with Gasteiger partial charge < -0.3 is 36.3 Å². The van der Waals surface area contributed by atoms with E-state index in [1.54, 1.807) is 33.0 Å². The molecule has 4 rings (SSSR count). The van der Waals surface area contributed by atoms with Gasteiger partial charge in [0.1, 0.15) is 23.7 Å². The number of esters is 1. The first kappa shape index (κ1) is 41.3. The van der Waals surface area contributed by atoms with E-state index in [4.69, 9.17) is 16.0 Å². The fourth-order valence-electron chi connectivity index (χ4n) is 6.64. The molecule has 16 nitrogen and oxygen atoms in total. The second-order valence-corrected chi connectivity index (χ2v) is 15.1. The molecule has 0 bridgehead atoms. The normalized spacial score (nSPS) is 17.8. The van der Waals surface area contributed by atoms with Crippen molar-refractivity contribution in [2.75, 3.05) is 6.54 Å². The number of azide groups is 1. The van der Waals surface area contributed by atoms with Crippen LogP contribution in [0.3, 0.4) is 0 Å². The number of nitrogens with one attached hydrogen (secondary N) is 4. The standard InChI is InChI=1S/C38H51N9O7/c1-22(2)18-28(34(50)45-46-40)42-36(52)32(23-12-7-6-8-13-23)44-35(51)30-16-11-17-47(30)37(53)29(20-31(48)54-38(3,4)5)43-33(49)26(39)19-24-21-41-27-15-10-9-14-25(24)27/h6-7,9-10,13-15,21-22,26,28-30,32,41H,8,11-12,16-20,39H2,1-5H3,(H,42,52)(H,43,49)(H,44,51)/t26-,28+,29-,30+,32-/m1/s1. The lowest BCUT2D eigenvalue weighted by molar-refractivity contribution is -0.157. The highest BCUT2D eigenvalue weighted by Gasteiger charge is 2.41. The molecule has 2 aromatic rings. The Balaban J connectivity index is 1.54. The Kier molecular flexibility index (Phi) is 14.2. The minimum atomic E-state index is -1.40. The fraction of sp³-hybridized carbons (Fsp3) is 0.526. The zero-order chi connectivity index (χ0) is 39.6. The lowest BCUT2D eigenvalue weighted by Crippen LogP contribution is -2.59. The van der Waals surface area contributed by atoms with Crippen molar-refractivity contribution in [1.82, 2.24) is 25.8 Å². The summed E-state index contributed by atoms with van der Waals surface area (Å²) in [6.45, 7) is 8.88. The Hall–Kier alpha value is -5.47. The second kappa shape index (κ2) is 18.5. The minimum Gasteiger partial charge on any atom is -0.460 e. The van der Waals surface area contributed by atoms with Crippen molar-refractivity contribution < 1.29 is 33.5 Å². The van der Waals surface area contributed by atoms with Crippen LogP contribution in [0.1, 0.15) is 78.7 Å². The van der Waals surface area contributed by atoms with E-state index in [1.165, 1.54) is 4.90 Å². The van der Waals surface area contributed by atoms with E-state index < -0.39 is 77.7 Å². The predicted molar refractivity (Wildman–Crippen MR) is 201 cm³/mol. The van der Waals surface area contributed by atoms with Gasteiger partial charge in [0.2, 0.25) is 29.5 Å². The highest BCUT2D eigenvalue weighted by molar-refractivity contribution is 5.98. The summed E-state index contributed by atoms with van der Waals surface area (Å²) >= 11 is 0. The van der Waals surface area contributed by atoms with Gasteiger partial charge in [0.25, 0.3) is 0 Å². The highest BCUT2D eigenvalue weighted by atomic mass is 16.6. The molecule has 6 N–H and O–H groups in total. The summed E-state index contributed by atoms with van der Waals surface area (Å²) in [4.78, 5) is 88.1. The van der Waals surface area contributed by atoms with Crippen molar-refractivity contribution in [2.24, 2.45) is 16.8 Å². The van der Waals surface area contributed by atoms with Gasteiger partial charge in [-0.3, -0.25) is 28.8 Å². The van der Waals surface area contributed by atoms with E-state index in [2.05, 4.69) is 31.0 Å². The summed E-state index contributed by atoms with van der Waals surface area (Å²) in [5.74, 6) is -4.26. The molecular weight excluding hydrogens is 694 g/mol. The maximum atomic E-state index is 14.2. The summed E-state index contributed by atoms with van der Waals surface area (Å²) in [6, 6.07) is 1.73. The fourth-order valence-corrected chi connectivity index (χ4v) is 6.64. The number of benzene rings is 1. The van der Waals surface area contributed by atoms with Crippen LogP contribution in [0.15, 0.2) is 59.4 Å². The summed E-state index contributed by atoms with van der Waals surface area (Å²) in [6.07, 6.45) is 8.76. The molecule has 1 aliphatic carbocycles. The molecule has 54 heavy (non-hydrogen) atoms. The predicted octanol–water partition coefficient (Wildman–Crippen LogP) is 3.37. The number of para-hydroxylation sites is 1. The summed E-state index contributed by atoms with van der Waals surface area (Å²) in [5, 5.41) is 12.2. The van der Waals surface area contributed by atoms with Crippen molar-refractivity contribution in [1.29, 1.82) is 0 Å². The van der Waals surface area contributed by atoms with Crippen LogP contribution in [0.4, 0.5) is 0 Å². The molecule has 290 valence electrons. The number of ether oxygens (including phenoxy) is 1. The van der Waals surface area contributed by atoms with Crippen molar-refractivity contribution in [3.63, 3.8) is 0 Å². The van der Waals surface area contributed by atoms with E-state index >= 15 is 0 Å². The molecule has 16 heteroatoms. The van der Waals surface area contributed by atoms with Gasteiger partial charge in [0.15, 0.2) is 0 Å². The number of aromatic amines is 1. The molecule has 0 radical (unpaired) electrons. The Labute approximate surface area is 314 Å². The van der Waals surface area contributed by atoms with Crippen molar-refractivity contribution in [3.05, 3.63) is 70.3 Å². The van der Waals surface area contributed by atoms with Crippen LogP contribution in [-0.4, -0.2) is 87.7 Å². The SMILES string of the molecule is CC(C)C[C@H](NC(=O)[C@H](NC(=O)[C@@H]1CCCN1C(=O)[C@@H](CC(=O)OC(C)(C)C)NC(=O)[C@H](N)Cc1c[nH]c2ccccc12)C1=CCC=CC1)C(=O)N=[N+]=[N-]. The molecule has 5 atom stereocenters. The number of carbonyl (C=O) groups is 6. The number of likely N-dealkylation sites (tertiary alicyclic amines) is 1. The van der Waals surface area contributed by atoms with Gasteiger partial charge in [-0.1, -0.05) is 50.3 Å². The largest absolute Gasteiger partial charge is 0.460 e. The minimum absolute atomic E-state index is 0.0340. The van der Waals surface area contributed by atoms with Crippen LogP contribution in [0, 0.1) is 5.92 Å². The molecule has 1 saturated heterocycles. The molecule has 1 aromatic heterocycles. The van der Waals surface area contributed by atoms with Crippen LogP contribution >= 0.6 is 0 Å². The van der Waals surface area contributed by atoms with E-state index in [0.29, 0.717) is 24.8 Å². The summed E-state index contributed by atoms with van der Waals surface area (Å²) in [7, 11) is 0. The molecule has 0 spiro atoms. The Morgan fingerprint density at radius 3 is 2.44 bits per heavy atom. The average Bonchev–Trinajstić information content (AvgIpc) is 3.77. The third-order valence-corrected chi connectivity index (χ3v) is 9.12. The number of rotatable bonds is 15. The molecule has 5 amide bonds. The Morgan fingerprint density at radius 2 is 1.78 bits per heavy atom. The van der Waals surface area contributed by atoms with E-state index in [1.807, 2.05) is 50.3 Å². The smallest absolute Gasteiger partial charge is 0.308 e. The number of allylic oxidation sites excluding steroid dienone is 3. The lowest BCUT2D eigenvalue weighted by atomic mass is 9.96. The number of carbonyl (C=O) groups excluding carboxylic acids is 6. The second-order valence-electron chi connectivity index (χ2n) is 15.1. The van der Waals surface area contributed by atoms with Gasteiger partial charge >= 0.3 is 5.97 Å². The number of H-pyrrole nitrogens is 1. The third-order valence-electron chi connectivity index (χ3n) is 9.12.